The van der Waals surface area contributed by atoms with E-state index in [1.54, 1.807) is 49.6 Å². The van der Waals surface area contributed by atoms with Gasteiger partial charge in [-0.25, -0.2) is 4.98 Å². The van der Waals surface area contributed by atoms with E-state index in [9.17, 15) is 14.4 Å². The number of methoxy groups -OCH3 is 1. The van der Waals surface area contributed by atoms with Gasteiger partial charge in [-0.05, 0) is 72.7 Å². The third-order valence-electron chi connectivity index (χ3n) is 6.84. The second-order valence-corrected chi connectivity index (χ2v) is 13.2. The zero-order valence-corrected chi connectivity index (χ0v) is 28.7. The molecule has 0 aliphatic heterocycles. The van der Waals surface area contributed by atoms with Crippen LogP contribution < -0.4 is 20.7 Å². The van der Waals surface area contributed by atoms with E-state index in [-0.39, 0.29) is 11.6 Å². The fourth-order valence-corrected chi connectivity index (χ4v) is 6.43. The summed E-state index contributed by atoms with van der Waals surface area (Å²) in [5, 5.41) is 10.6. The summed E-state index contributed by atoms with van der Waals surface area (Å²) in [6, 6.07) is 30.9. The first-order valence-corrected chi connectivity index (χ1v) is 17.2. The van der Waals surface area contributed by atoms with Gasteiger partial charge in [0.25, 0.3) is 11.8 Å². The molecule has 4 aromatic carbocycles. The number of hydrogen-bond donors (Lipinski definition) is 3. The zero-order valence-electron chi connectivity index (χ0n) is 25.5. The summed E-state index contributed by atoms with van der Waals surface area (Å²) in [4.78, 5) is 45.1. The molecule has 0 aliphatic rings. The SMILES string of the molecule is CCC(Sc1cccc(NC(=O)/C(=C/c2ccc(Br)cc2)NC(=O)c2ccccc2)c1)C(=O)Nc1nc(-c2cccc(OC)c2)cs1. The predicted octanol–water partition coefficient (Wildman–Crippen LogP) is 8.50. The highest BCUT2D eigenvalue weighted by Crippen LogP contribution is 2.31. The lowest BCUT2D eigenvalue weighted by atomic mass is 10.1. The van der Waals surface area contributed by atoms with E-state index in [4.69, 9.17) is 4.74 Å². The van der Waals surface area contributed by atoms with E-state index in [0.29, 0.717) is 22.8 Å². The van der Waals surface area contributed by atoms with Crippen LogP contribution in [0.4, 0.5) is 10.8 Å². The molecule has 47 heavy (non-hydrogen) atoms. The third-order valence-corrected chi connectivity index (χ3v) is 9.49. The molecule has 238 valence electrons. The van der Waals surface area contributed by atoms with Crippen LogP contribution in [0, 0.1) is 0 Å². The molecule has 11 heteroatoms. The van der Waals surface area contributed by atoms with Gasteiger partial charge in [-0.1, -0.05) is 71.4 Å². The minimum absolute atomic E-state index is 0.0850. The Morgan fingerprint density at radius 2 is 1.70 bits per heavy atom. The molecule has 0 spiro atoms. The molecule has 0 saturated carbocycles. The highest BCUT2D eigenvalue weighted by atomic mass is 79.9. The average molecular weight is 728 g/mol. The molecule has 1 heterocycles. The summed E-state index contributed by atoms with van der Waals surface area (Å²) in [5.74, 6) is -0.321. The summed E-state index contributed by atoms with van der Waals surface area (Å²) in [6.45, 7) is 1.95. The number of thioether (sulfide) groups is 1. The van der Waals surface area contributed by atoms with E-state index >= 15 is 0 Å². The molecule has 1 atom stereocenters. The fourth-order valence-electron chi connectivity index (χ4n) is 4.43. The summed E-state index contributed by atoms with van der Waals surface area (Å²) < 4.78 is 6.21. The van der Waals surface area contributed by atoms with Crippen molar-refractivity contribution in [3.63, 3.8) is 0 Å². The molecule has 1 aromatic heterocycles. The molecule has 0 fully saturated rings. The Kier molecular flexibility index (Phi) is 11.6. The summed E-state index contributed by atoms with van der Waals surface area (Å²) in [7, 11) is 1.62. The van der Waals surface area contributed by atoms with Crippen LogP contribution in [0.1, 0.15) is 29.3 Å². The highest BCUT2D eigenvalue weighted by Gasteiger charge is 2.21. The quantitative estimate of drug-likeness (QED) is 0.0879. The minimum Gasteiger partial charge on any atom is -0.497 e. The third kappa shape index (κ3) is 9.41. The molecular weight excluding hydrogens is 696 g/mol. The minimum atomic E-state index is -0.486. The smallest absolute Gasteiger partial charge is 0.272 e. The predicted molar refractivity (Wildman–Crippen MR) is 194 cm³/mol. The van der Waals surface area contributed by atoms with Gasteiger partial charge < -0.3 is 20.7 Å². The number of nitrogens with zero attached hydrogens (tertiary/aromatic N) is 1. The Bertz CT molecular complexity index is 1890. The molecule has 0 aliphatic carbocycles. The molecule has 3 amide bonds. The topological polar surface area (TPSA) is 109 Å². The van der Waals surface area contributed by atoms with Gasteiger partial charge in [0.2, 0.25) is 5.91 Å². The van der Waals surface area contributed by atoms with Crippen LogP contribution in [0.5, 0.6) is 5.75 Å². The number of halogens is 1. The van der Waals surface area contributed by atoms with E-state index in [1.807, 2.05) is 79.0 Å². The van der Waals surface area contributed by atoms with Crippen LogP contribution in [0.25, 0.3) is 17.3 Å². The second kappa shape index (κ2) is 16.2. The van der Waals surface area contributed by atoms with Crippen molar-refractivity contribution in [2.24, 2.45) is 0 Å². The summed E-state index contributed by atoms with van der Waals surface area (Å²) in [5.41, 5.74) is 3.43. The van der Waals surface area contributed by atoms with Crippen LogP contribution in [0.2, 0.25) is 0 Å². The molecule has 0 radical (unpaired) electrons. The number of aromatic nitrogens is 1. The standard InChI is InChI=1S/C36H31BrN4O4S2/c1-3-32(35(44)41-36-40-31(22-46-36)25-11-7-13-28(20-25)45-2)47-29-14-8-12-27(21-29)38-34(43)30(19-23-15-17-26(37)18-16-23)39-33(42)24-9-5-4-6-10-24/h4-22,32H,3H2,1-2H3,(H,38,43)(H,39,42)(H,40,41,44)/b30-19-. The molecule has 3 N–H and O–H groups in total. The lowest BCUT2D eigenvalue weighted by Gasteiger charge is -2.15. The molecular formula is C36H31BrN4O4S2. The van der Waals surface area contributed by atoms with Gasteiger partial charge in [0, 0.05) is 31.6 Å². The average Bonchev–Trinajstić information content (AvgIpc) is 3.56. The number of carbonyl (C=O) groups excluding carboxylic acids is 3. The number of thiazole rings is 1. The largest absolute Gasteiger partial charge is 0.497 e. The Hall–Kier alpha value is -4.71. The van der Waals surface area contributed by atoms with Gasteiger partial charge in [-0.2, -0.15) is 0 Å². The Morgan fingerprint density at radius 3 is 2.45 bits per heavy atom. The molecule has 1 unspecified atom stereocenters. The van der Waals surface area contributed by atoms with E-state index in [0.717, 1.165) is 31.9 Å². The first-order valence-electron chi connectivity index (χ1n) is 14.6. The van der Waals surface area contributed by atoms with Crippen LogP contribution in [0.3, 0.4) is 0 Å². The first-order chi connectivity index (χ1) is 22.8. The van der Waals surface area contributed by atoms with Crippen molar-refractivity contribution in [2.45, 2.75) is 23.5 Å². The molecule has 5 aromatic rings. The molecule has 0 saturated heterocycles. The summed E-state index contributed by atoms with van der Waals surface area (Å²) >= 11 is 6.17. The maximum absolute atomic E-state index is 13.5. The number of rotatable bonds is 12. The van der Waals surface area contributed by atoms with Crippen molar-refractivity contribution < 1.29 is 19.1 Å². The van der Waals surface area contributed by atoms with Crippen LogP contribution in [-0.4, -0.2) is 35.1 Å². The zero-order chi connectivity index (χ0) is 33.2. The summed E-state index contributed by atoms with van der Waals surface area (Å²) in [6.07, 6.45) is 2.20. The number of hydrogen-bond acceptors (Lipinski definition) is 7. The van der Waals surface area contributed by atoms with Crippen LogP contribution >= 0.6 is 39.0 Å². The van der Waals surface area contributed by atoms with Gasteiger partial charge in [0.15, 0.2) is 5.13 Å². The fraction of sp³-hybridized carbons (Fsp3) is 0.111. The van der Waals surface area contributed by atoms with Crippen molar-refractivity contribution in [3.8, 4) is 17.0 Å². The van der Waals surface area contributed by atoms with Crippen LogP contribution in [-0.2, 0) is 9.59 Å². The van der Waals surface area contributed by atoms with Crippen LogP contribution in [0.15, 0.2) is 124 Å². The van der Waals surface area contributed by atoms with Crippen molar-refractivity contribution in [2.75, 3.05) is 17.7 Å². The lowest BCUT2D eigenvalue weighted by Crippen LogP contribution is -2.30. The molecule has 8 nitrogen and oxygen atoms in total. The Labute approximate surface area is 289 Å². The van der Waals surface area contributed by atoms with Crippen molar-refractivity contribution in [1.29, 1.82) is 0 Å². The number of ether oxygens (including phenoxy) is 1. The number of amides is 3. The molecule has 5 rings (SSSR count). The van der Waals surface area contributed by atoms with Crippen molar-refractivity contribution in [3.05, 3.63) is 130 Å². The maximum atomic E-state index is 13.5. The van der Waals surface area contributed by atoms with Gasteiger partial charge >= 0.3 is 0 Å². The van der Waals surface area contributed by atoms with E-state index in [2.05, 4.69) is 36.9 Å². The number of anilines is 2. The van der Waals surface area contributed by atoms with Gasteiger partial charge in [-0.3, -0.25) is 14.4 Å². The number of benzene rings is 4. The van der Waals surface area contributed by atoms with Crippen molar-refractivity contribution >= 4 is 73.6 Å². The van der Waals surface area contributed by atoms with Gasteiger partial charge in [-0.15, -0.1) is 23.1 Å². The monoisotopic (exact) mass is 726 g/mol. The maximum Gasteiger partial charge on any atom is 0.272 e. The second-order valence-electron chi connectivity index (χ2n) is 10.2. The normalized spacial score (nSPS) is 11.8. The van der Waals surface area contributed by atoms with E-state index < -0.39 is 17.1 Å². The first kappa shape index (κ1) is 33.6. The van der Waals surface area contributed by atoms with Gasteiger partial charge in [0.05, 0.1) is 18.1 Å². The number of carbonyl (C=O) groups is 3. The highest BCUT2D eigenvalue weighted by molar-refractivity contribution is 9.10. The lowest BCUT2D eigenvalue weighted by molar-refractivity contribution is -0.116. The van der Waals surface area contributed by atoms with Gasteiger partial charge in [0.1, 0.15) is 11.4 Å². The Morgan fingerprint density at radius 1 is 0.936 bits per heavy atom. The van der Waals surface area contributed by atoms with E-state index in [1.165, 1.54) is 23.1 Å². The van der Waals surface area contributed by atoms with Crippen molar-refractivity contribution in [1.82, 2.24) is 10.3 Å². The Balaban J connectivity index is 1.27. The number of nitrogens with one attached hydrogen (secondary N) is 3. The molecule has 0 bridgehead atoms.